The summed E-state index contributed by atoms with van der Waals surface area (Å²) in [5.74, 6) is -0.188. The third kappa shape index (κ3) is 2.88. The Kier molecular flexibility index (Phi) is 4.34. The summed E-state index contributed by atoms with van der Waals surface area (Å²) >= 11 is 0. The molecule has 5 aromatic rings. The zero-order valence-corrected chi connectivity index (χ0v) is 18.1. The second kappa shape index (κ2) is 7.39. The molecule has 0 aliphatic heterocycles. The van der Waals surface area contributed by atoms with Crippen LogP contribution < -0.4 is 0 Å². The Morgan fingerprint density at radius 2 is 0.909 bits per heavy atom. The third-order valence-electron chi connectivity index (χ3n) is 6.46. The molecule has 0 saturated carbocycles. The molecule has 0 N–H and O–H groups in total. The van der Waals surface area contributed by atoms with E-state index in [-0.39, 0.29) is 11.6 Å². The highest BCUT2D eigenvalue weighted by Crippen LogP contribution is 2.45. The Bertz CT molecular complexity index is 1580. The molecule has 2 nitrogen and oxygen atoms in total. The molecule has 0 atom stereocenters. The summed E-state index contributed by atoms with van der Waals surface area (Å²) in [5.41, 5.74) is 6.44. The van der Waals surface area contributed by atoms with Crippen molar-refractivity contribution in [2.75, 3.05) is 0 Å². The van der Waals surface area contributed by atoms with Crippen LogP contribution in [0, 0.1) is 6.92 Å². The van der Waals surface area contributed by atoms with Crippen molar-refractivity contribution < 1.29 is 9.59 Å². The summed E-state index contributed by atoms with van der Waals surface area (Å²) in [4.78, 5) is 28.1. The maximum absolute atomic E-state index is 14.1. The minimum absolute atomic E-state index is 0.0925. The standard InChI is InChI=1S/C31H20O2/c1-19-16-17-24-25(18-19)31(33)29-27(21-12-6-3-7-13-21)23-15-9-8-14-22(23)26(28(29)30(24)32)20-10-4-2-5-11-20/h2-18H,1H3. The van der Waals surface area contributed by atoms with Gasteiger partial charge >= 0.3 is 0 Å². The van der Waals surface area contributed by atoms with Crippen LogP contribution in [0.3, 0.4) is 0 Å². The molecule has 6 rings (SSSR count). The van der Waals surface area contributed by atoms with Gasteiger partial charge in [0.1, 0.15) is 0 Å². The molecular formula is C31H20O2. The fraction of sp³-hybridized carbons (Fsp3) is 0.0323. The van der Waals surface area contributed by atoms with E-state index in [4.69, 9.17) is 0 Å². The lowest BCUT2D eigenvalue weighted by Crippen LogP contribution is -2.23. The van der Waals surface area contributed by atoms with Crippen LogP contribution in [-0.2, 0) is 0 Å². The molecule has 0 heterocycles. The number of fused-ring (bicyclic) bond motifs is 3. The van der Waals surface area contributed by atoms with Crippen molar-refractivity contribution in [1.29, 1.82) is 0 Å². The lowest BCUT2D eigenvalue weighted by Gasteiger charge is -2.26. The molecule has 0 saturated heterocycles. The Labute approximate surface area is 192 Å². The van der Waals surface area contributed by atoms with E-state index >= 15 is 0 Å². The zero-order chi connectivity index (χ0) is 22.5. The van der Waals surface area contributed by atoms with Gasteiger partial charge in [-0.25, -0.2) is 0 Å². The number of hydrogen-bond acceptors (Lipinski definition) is 2. The van der Waals surface area contributed by atoms with Crippen molar-refractivity contribution in [3.63, 3.8) is 0 Å². The van der Waals surface area contributed by atoms with Gasteiger partial charge in [-0.3, -0.25) is 9.59 Å². The van der Waals surface area contributed by atoms with Gasteiger partial charge in [-0.05, 0) is 34.9 Å². The summed E-state index contributed by atoms with van der Waals surface area (Å²) in [6, 6.07) is 33.4. The molecule has 0 fully saturated rings. The molecule has 0 amide bonds. The van der Waals surface area contributed by atoms with Crippen LogP contribution in [0.4, 0.5) is 0 Å². The van der Waals surface area contributed by atoms with Crippen LogP contribution in [-0.4, -0.2) is 11.6 Å². The second-order valence-electron chi connectivity index (χ2n) is 8.48. The average Bonchev–Trinajstić information content (AvgIpc) is 2.86. The Morgan fingerprint density at radius 1 is 0.455 bits per heavy atom. The highest BCUT2D eigenvalue weighted by molar-refractivity contribution is 6.35. The van der Waals surface area contributed by atoms with Crippen molar-refractivity contribution in [3.05, 3.63) is 131 Å². The molecule has 33 heavy (non-hydrogen) atoms. The van der Waals surface area contributed by atoms with Crippen molar-refractivity contribution >= 4 is 22.3 Å². The first-order valence-electron chi connectivity index (χ1n) is 11.0. The second-order valence-corrected chi connectivity index (χ2v) is 8.48. The van der Waals surface area contributed by atoms with Gasteiger partial charge in [0.05, 0.1) is 0 Å². The molecule has 1 aliphatic carbocycles. The molecule has 0 bridgehead atoms. The van der Waals surface area contributed by atoms with E-state index < -0.39 is 0 Å². The van der Waals surface area contributed by atoms with E-state index in [0.29, 0.717) is 22.3 Å². The topological polar surface area (TPSA) is 34.1 Å². The average molecular weight is 424 g/mol. The zero-order valence-electron chi connectivity index (χ0n) is 18.1. The first-order chi connectivity index (χ1) is 16.1. The maximum atomic E-state index is 14.1. The van der Waals surface area contributed by atoms with Gasteiger partial charge in [0.15, 0.2) is 11.6 Å². The Balaban J connectivity index is 1.85. The van der Waals surface area contributed by atoms with E-state index in [1.165, 1.54) is 0 Å². The number of rotatable bonds is 2. The van der Waals surface area contributed by atoms with E-state index in [2.05, 4.69) is 0 Å². The third-order valence-corrected chi connectivity index (χ3v) is 6.46. The van der Waals surface area contributed by atoms with Crippen molar-refractivity contribution in [1.82, 2.24) is 0 Å². The van der Waals surface area contributed by atoms with E-state index in [0.717, 1.165) is 38.6 Å². The summed E-state index contributed by atoms with van der Waals surface area (Å²) in [6.07, 6.45) is 0. The highest BCUT2D eigenvalue weighted by Gasteiger charge is 2.36. The van der Waals surface area contributed by atoms with Crippen LogP contribution in [0.1, 0.15) is 37.4 Å². The minimum Gasteiger partial charge on any atom is -0.289 e. The molecule has 156 valence electrons. The van der Waals surface area contributed by atoms with Gasteiger partial charge in [-0.2, -0.15) is 0 Å². The van der Waals surface area contributed by atoms with Crippen LogP contribution >= 0.6 is 0 Å². The molecule has 0 radical (unpaired) electrons. The van der Waals surface area contributed by atoms with Gasteiger partial charge in [0.2, 0.25) is 0 Å². The molecule has 0 unspecified atom stereocenters. The SMILES string of the molecule is Cc1ccc2c(c1)C(=O)c1c(c(-c3ccccc3)c3ccccc3c1-c1ccccc1)C2=O. The lowest BCUT2D eigenvalue weighted by molar-refractivity contribution is 0.0980. The maximum Gasteiger partial charge on any atom is 0.195 e. The summed E-state index contributed by atoms with van der Waals surface area (Å²) in [6.45, 7) is 1.95. The lowest BCUT2D eigenvalue weighted by atomic mass is 9.74. The van der Waals surface area contributed by atoms with E-state index in [9.17, 15) is 9.59 Å². The number of ketones is 2. The number of carbonyl (C=O) groups excluding carboxylic acids is 2. The van der Waals surface area contributed by atoms with E-state index in [1.807, 2.05) is 104 Å². The smallest absolute Gasteiger partial charge is 0.195 e. The van der Waals surface area contributed by atoms with Crippen LogP contribution in [0.2, 0.25) is 0 Å². The summed E-state index contributed by atoms with van der Waals surface area (Å²) in [5, 5.41) is 1.94. The quantitative estimate of drug-likeness (QED) is 0.293. The molecule has 1 aliphatic rings. The number of benzene rings is 5. The number of carbonyl (C=O) groups is 2. The van der Waals surface area contributed by atoms with Gasteiger partial charge in [0.25, 0.3) is 0 Å². The predicted molar refractivity (Wildman–Crippen MR) is 133 cm³/mol. The number of hydrogen-bond donors (Lipinski definition) is 0. The van der Waals surface area contributed by atoms with Gasteiger partial charge in [-0.15, -0.1) is 0 Å². The fourth-order valence-electron chi connectivity index (χ4n) is 5.02. The minimum atomic E-state index is -0.0959. The molecule has 5 aromatic carbocycles. The normalized spacial score (nSPS) is 12.5. The fourth-order valence-corrected chi connectivity index (χ4v) is 5.02. The summed E-state index contributed by atoms with van der Waals surface area (Å²) < 4.78 is 0. The summed E-state index contributed by atoms with van der Waals surface area (Å²) in [7, 11) is 0. The van der Waals surface area contributed by atoms with Gasteiger partial charge < -0.3 is 0 Å². The van der Waals surface area contributed by atoms with Gasteiger partial charge in [-0.1, -0.05) is 103 Å². The number of aryl methyl sites for hydroxylation is 1. The molecule has 0 spiro atoms. The Morgan fingerprint density at radius 3 is 1.42 bits per heavy atom. The molecule has 2 heteroatoms. The molecule has 0 aromatic heterocycles. The predicted octanol–water partition coefficient (Wildman–Crippen LogP) is 7.26. The van der Waals surface area contributed by atoms with Crippen LogP contribution in [0.15, 0.2) is 103 Å². The first-order valence-corrected chi connectivity index (χ1v) is 11.0. The molecular weight excluding hydrogens is 404 g/mol. The monoisotopic (exact) mass is 424 g/mol. The van der Waals surface area contributed by atoms with Gasteiger partial charge in [0, 0.05) is 33.4 Å². The Hall–Kier alpha value is -4.30. The first kappa shape index (κ1) is 19.4. The van der Waals surface area contributed by atoms with Crippen molar-refractivity contribution in [2.24, 2.45) is 0 Å². The van der Waals surface area contributed by atoms with Crippen molar-refractivity contribution in [3.8, 4) is 22.3 Å². The van der Waals surface area contributed by atoms with Crippen LogP contribution in [0.25, 0.3) is 33.0 Å². The van der Waals surface area contributed by atoms with Crippen molar-refractivity contribution in [2.45, 2.75) is 6.92 Å². The highest BCUT2D eigenvalue weighted by atomic mass is 16.1. The largest absolute Gasteiger partial charge is 0.289 e. The van der Waals surface area contributed by atoms with E-state index in [1.54, 1.807) is 6.07 Å². The van der Waals surface area contributed by atoms with Crippen LogP contribution in [0.5, 0.6) is 0 Å².